The van der Waals surface area contributed by atoms with Gasteiger partial charge in [0.2, 0.25) is 0 Å². The first kappa shape index (κ1) is 28.9. The molecule has 0 aromatic rings. The van der Waals surface area contributed by atoms with E-state index >= 15 is 0 Å². The number of hydrogen-bond acceptors (Lipinski definition) is 3. The molecule has 0 aromatic carbocycles. The second-order valence-electron chi connectivity index (χ2n) is 10.2. The minimum absolute atomic E-state index is 0.127. The van der Waals surface area contributed by atoms with Gasteiger partial charge in [-0.15, -0.1) is 0 Å². The van der Waals surface area contributed by atoms with E-state index in [1.807, 2.05) is 21.1 Å². The Bertz CT molecular complexity index is 445. The lowest BCUT2D eigenvalue weighted by atomic mass is 9.96. The molecule has 0 saturated heterocycles. The Labute approximate surface area is 186 Å². The van der Waals surface area contributed by atoms with Gasteiger partial charge in [-0.1, -0.05) is 90.9 Å². The van der Waals surface area contributed by atoms with Crippen LogP contribution in [0.15, 0.2) is 0 Å². The number of unbranched alkanes of at least 4 members (excludes halogenated alkanes) is 9. The number of likely N-dealkylation sites (N-methyl/N-ethyl adjacent to an activating group) is 1. The molecule has 178 valence electrons. The van der Waals surface area contributed by atoms with E-state index in [2.05, 4.69) is 13.8 Å². The molecule has 0 heterocycles. The molecule has 0 saturated carbocycles. The lowest BCUT2D eigenvalue weighted by Gasteiger charge is -2.28. The van der Waals surface area contributed by atoms with E-state index in [9.17, 15) is 9.59 Å². The topological polar surface area (TPSA) is 63.6 Å². The Morgan fingerprint density at radius 3 is 1.83 bits per heavy atom. The van der Waals surface area contributed by atoms with Gasteiger partial charge < -0.3 is 14.3 Å². The Kier molecular flexibility index (Phi) is 16.9. The fraction of sp³-hybridized carbons (Fsp3) is 0.920. The van der Waals surface area contributed by atoms with Gasteiger partial charge in [0.15, 0.2) is 6.10 Å². The number of carbonyl (C=O) groups is 2. The maximum atomic E-state index is 12.1. The lowest BCUT2D eigenvalue weighted by molar-refractivity contribution is -0.873. The smallest absolute Gasteiger partial charge is 0.307 e. The molecule has 0 fully saturated rings. The Morgan fingerprint density at radius 1 is 0.833 bits per heavy atom. The second kappa shape index (κ2) is 17.6. The van der Waals surface area contributed by atoms with Gasteiger partial charge in [-0.25, -0.2) is 0 Å². The molecule has 1 N–H and O–H groups in total. The number of quaternary nitrogens is 1. The maximum absolute atomic E-state index is 12.1. The van der Waals surface area contributed by atoms with E-state index in [1.165, 1.54) is 64.2 Å². The minimum Gasteiger partial charge on any atom is -0.481 e. The van der Waals surface area contributed by atoms with Crippen LogP contribution < -0.4 is 0 Å². The number of ether oxygens (including phenoxy) is 1. The van der Waals surface area contributed by atoms with Crippen molar-refractivity contribution < 1.29 is 23.9 Å². The van der Waals surface area contributed by atoms with E-state index < -0.39 is 12.1 Å². The van der Waals surface area contributed by atoms with Crippen molar-refractivity contribution in [3.8, 4) is 0 Å². The van der Waals surface area contributed by atoms with Gasteiger partial charge in [-0.2, -0.15) is 0 Å². The van der Waals surface area contributed by atoms with Crippen molar-refractivity contribution in [2.24, 2.45) is 5.92 Å². The molecule has 0 aliphatic heterocycles. The third kappa shape index (κ3) is 20.2. The molecule has 0 bridgehead atoms. The van der Waals surface area contributed by atoms with Gasteiger partial charge in [0, 0.05) is 6.42 Å². The fourth-order valence-corrected chi connectivity index (χ4v) is 3.90. The third-order valence-corrected chi connectivity index (χ3v) is 5.58. The summed E-state index contributed by atoms with van der Waals surface area (Å²) in [5, 5.41) is 9.03. The molecule has 0 aliphatic carbocycles. The van der Waals surface area contributed by atoms with Crippen molar-refractivity contribution in [1.82, 2.24) is 0 Å². The van der Waals surface area contributed by atoms with Crippen molar-refractivity contribution >= 4 is 11.9 Å². The van der Waals surface area contributed by atoms with Crippen LogP contribution in [0.1, 0.15) is 110 Å². The molecule has 30 heavy (non-hydrogen) atoms. The first-order valence-electron chi connectivity index (χ1n) is 12.4. The second-order valence-corrected chi connectivity index (χ2v) is 10.2. The molecule has 0 aliphatic rings. The van der Waals surface area contributed by atoms with Crippen LogP contribution in [-0.4, -0.2) is 55.3 Å². The average Bonchev–Trinajstić information content (AvgIpc) is 2.61. The van der Waals surface area contributed by atoms with Gasteiger partial charge >= 0.3 is 11.9 Å². The summed E-state index contributed by atoms with van der Waals surface area (Å²) >= 11 is 0. The van der Waals surface area contributed by atoms with Crippen LogP contribution in [0.3, 0.4) is 0 Å². The Balaban J connectivity index is 3.73. The largest absolute Gasteiger partial charge is 0.481 e. The van der Waals surface area contributed by atoms with Crippen LogP contribution in [0, 0.1) is 5.92 Å². The maximum Gasteiger partial charge on any atom is 0.307 e. The summed E-state index contributed by atoms with van der Waals surface area (Å²) < 4.78 is 6.00. The summed E-state index contributed by atoms with van der Waals surface area (Å²) in [6.45, 7) is 5.14. The number of carboxylic acids is 1. The van der Waals surface area contributed by atoms with Gasteiger partial charge in [-0.3, -0.25) is 9.59 Å². The molecule has 0 spiro atoms. The Morgan fingerprint density at radius 2 is 1.33 bits per heavy atom. The number of hydrogen-bond donors (Lipinski definition) is 1. The monoisotopic (exact) mass is 428 g/mol. The van der Waals surface area contributed by atoms with Crippen LogP contribution in [0.25, 0.3) is 0 Å². The number of rotatable bonds is 20. The molecule has 0 rings (SSSR count). The molecule has 5 heteroatoms. The van der Waals surface area contributed by atoms with Crippen LogP contribution in [0.4, 0.5) is 0 Å². The normalized spacial score (nSPS) is 13.8. The molecule has 2 unspecified atom stereocenters. The van der Waals surface area contributed by atoms with Crippen LogP contribution in [0.2, 0.25) is 0 Å². The summed E-state index contributed by atoms with van der Waals surface area (Å²) in [7, 11) is 5.91. The first-order valence-corrected chi connectivity index (χ1v) is 12.4. The quantitative estimate of drug-likeness (QED) is 0.142. The summed E-state index contributed by atoms with van der Waals surface area (Å²) in [6.07, 6.45) is 16.2. The molecule has 0 radical (unpaired) electrons. The van der Waals surface area contributed by atoms with Gasteiger partial charge in [0.1, 0.15) is 6.54 Å². The average molecular weight is 429 g/mol. The van der Waals surface area contributed by atoms with E-state index in [0.29, 0.717) is 17.4 Å². The van der Waals surface area contributed by atoms with Crippen LogP contribution >= 0.6 is 0 Å². The first-order chi connectivity index (χ1) is 14.1. The van der Waals surface area contributed by atoms with Gasteiger partial charge in [0.25, 0.3) is 0 Å². The molecule has 0 aromatic heterocycles. The standard InChI is InChI=1S/C25H49NO4/c1-6-7-8-9-10-11-14-17-22(2)18-15-12-13-16-19-25(29)30-23(20-24(27)28)21-26(3,4)5/h22-23H,6-21H2,1-5H3/p+1. The zero-order valence-electron chi connectivity index (χ0n) is 20.6. The fourth-order valence-electron chi connectivity index (χ4n) is 3.90. The molecule has 0 amide bonds. The van der Waals surface area contributed by atoms with E-state index in [4.69, 9.17) is 9.84 Å². The number of carboxylic acid groups (broad SMARTS) is 1. The molecule has 5 nitrogen and oxygen atoms in total. The predicted molar refractivity (Wildman–Crippen MR) is 125 cm³/mol. The van der Waals surface area contributed by atoms with E-state index in [-0.39, 0.29) is 12.4 Å². The van der Waals surface area contributed by atoms with E-state index in [0.717, 1.165) is 25.2 Å². The molecular formula is C25H50NO4+. The number of carbonyl (C=O) groups excluding carboxylic acids is 1. The van der Waals surface area contributed by atoms with Crippen molar-refractivity contribution in [3.05, 3.63) is 0 Å². The number of aliphatic carboxylic acids is 1. The zero-order chi connectivity index (χ0) is 22.8. The van der Waals surface area contributed by atoms with Gasteiger partial charge in [-0.05, 0) is 12.3 Å². The number of nitrogens with zero attached hydrogens (tertiary/aromatic N) is 1. The summed E-state index contributed by atoms with van der Waals surface area (Å²) in [5.74, 6) is -0.383. The highest BCUT2D eigenvalue weighted by atomic mass is 16.5. The Hall–Kier alpha value is -1.10. The van der Waals surface area contributed by atoms with Gasteiger partial charge in [0.05, 0.1) is 27.6 Å². The summed E-state index contributed by atoms with van der Waals surface area (Å²) in [6, 6.07) is 0. The van der Waals surface area contributed by atoms with Crippen molar-refractivity contribution in [1.29, 1.82) is 0 Å². The lowest BCUT2D eigenvalue weighted by Crippen LogP contribution is -2.43. The summed E-state index contributed by atoms with van der Waals surface area (Å²) in [4.78, 5) is 23.1. The third-order valence-electron chi connectivity index (χ3n) is 5.58. The number of esters is 1. The zero-order valence-corrected chi connectivity index (χ0v) is 20.6. The highest BCUT2D eigenvalue weighted by molar-refractivity contribution is 5.71. The predicted octanol–water partition coefficient (Wildman–Crippen LogP) is 6.20. The SMILES string of the molecule is CCCCCCCCCC(C)CCCCCCC(=O)OC(CC(=O)O)C[N+](C)(C)C. The minimum atomic E-state index is -0.924. The van der Waals surface area contributed by atoms with Crippen LogP contribution in [-0.2, 0) is 14.3 Å². The van der Waals surface area contributed by atoms with E-state index in [1.54, 1.807) is 0 Å². The van der Waals surface area contributed by atoms with Crippen molar-refractivity contribution in [2.45, 2.75) is 116 Å². The van der Waals surface area contributed by atoms with Crippen molar-refractivity contribution in [3.63, 3.8) is 0 Å². The molecule has 2 atom stereocenters. The highest BCUT2D eigenvalue weighted by Crippen LogP contribution is 2.18. The highest BCUT2D eigenvalue weighted by Gasteiger charge is 2.24. The van der Waals surface area contributed by atoms with Crippen molar-refractivity contribution in [2.75, 3.05) is 27.7 Å². The summed E-state index contributed by atoms with van der Waals surface area (Å²) in [5.41, 5.74) is 0. The van der Waals surface area contributed by atoms with Crippen LogP contribution in [0.5, 0.6) is 0 Å². The molecular weight excluding hydrogens is 378 g/mol.